The van der Waals surface area contributed by atoms with E-state index in [1.807, 2.05) is 0 Å². The highest BCUT2D eigenvalue weighted by atomic mass is 27.0. The van der Waals surface area contributed by atoms with Crippen molar-refractivity contribution in [2.45, 2.75) is 25.0 Å². The molecule has 0 aliphatic heterocycles. The third-order valence-corrected chi connectivity index (χ3v) is 2.49. The maximum atomic E-state index is 2.30. The third-order valence-electron chi connectivity index (χ3n) is 1.92. The van der Waals surface area contributed by atoms with Gasteiger partial charge in [0.1, 0.15) is 0 Å². The molecule has 0 bridgehead atoms. The second-order valence-electron chi connectivity index (χ2n) is 4.12. The Kier molecular flexibility index (Phi) is 3.96. The first-order valence-corrected chi connectivity index (χ1v) is 5.07. The van der Waals surface area contributed by atoms with E-state index in [4.69, 9.17) is 0 Å². The Bertz CT molecular complexity index is 233. The van der Waals surface area contributed by atoms with E-state index in [9.17, 15) is 0 Å². The zero-order valence-electron chi connectivity index (χ0n) is 8.22. The van der Waals surface area contributed by atoms with Crippen molar-refractivity contribution in [3.8, 4) is 0 Å². The lowest BCUT2D eigenvalue weighted by molar-refractivity contribution is 0.764. The van der Waals surface area contributed by atoms with Gasteiger partial charge in [-0.1, -0.05) is 53.5 Å². The van der Waals surface area contributed by atoms with Gasteiger partial charge in [-0.15, -0.1) is 0 Å². The van der Waals surface area contributed by atoms with Crippen molar-refractivity contribution in [2.24, 2.45) is 0 Å². The standard InChI is InChI=1S/C10H13.Al.FH.2H/c1-8(2)10-6-4-9(3)5-7-10;;;;/h4-7H,1-3H3;;1H;;. The summed E-state index contributed by atoms with van der Waals surface area (Å²) in [5.74, 6) is 0. The van der Waals surface area contributed by atoms with Crippen molar-refractivity contribution in [1.29, 1.82) is 0 Å². The van der Waals surface area contributed by atoms with E-state index in [-0.39, 0.29) is 4.70 Å². The Hall–Kier alpha value is -0.318. The number of aryl methyl sites for hydroxylation is 1. The van der Waals surface area contributed by atoms with Gasteiger partial charge in [0.25, 0.3) is 0 Å². The van der Waals surface area contributed by atoms with Crippen LogP contribution in [0.5, 0.6) is 0 Å². The first-order chi connectivity index (χ1) is 5.00. The molecule has 0 N–H and O–H groups in total. The molecular formula is C10H16AlF. The molecule has 0 aliphatic carbocycles. The first-order valence-electron chi connectivity index (χ1n) is 4.07. The van der Waals surface area contributed by atoms with Crippen LogP contribution in [0, 0.1) is 6.92 Å². The average Bonchev–Trinajstić information content (AvgIpc) is 1.86. The monoisotopic (exact) mass is 182 g/mol. The Morgan fingerprint density at radius 2 is 1.50 bits per heavy atom. The minimum atomic E-state index is 0. The van der Waals surface area contributed by atoms with Crippen LogP contribution in [-0.4, -0.2) is 16.3 Å². The fourth-order valence-corrected chi connectivity index (χ4v) is 1.39. The molecule has 0 unspecified atom stereocenters. The number of hydrogen-bond acceptors (Lipinski definition) is 0. The quantitative estimate of drug-likeness (QED) is 0.583. The molecule has 0 nitrogen and oxygen atoms in total. The van der Waals surface area contributed by atoms with Crippen LogP contribution in [0.4, 0.5) is 4.70 Å². The second-order valence-corrected chi connectivity index (χ2v) is 6.62. The van der Waals surface area contributed by atoms with Crippen LogP contribution in [-0.2, 0) is 4.28 Å². The molecule has 0 aromatic heterocycles. The predicted molar refractivity (Wildman–Crippen MR) is 55.3 cm³/mol. The van der Waals surface area contributed by atoms with Crippen molar-refractivity contribution < 1.29 is 4.70 Å². The summed E-state index contributed by atoms with van der Waals surface area (Å²) >= 11 is 1.21. The molecule has 0 heterocycles. The molecule has 1 aromatic rings. The van der Waals surface area contributed by atoms with Crippen molar-refractivity contribution >= 4 is 16.3 Å². The van der Waals surface area contributed by atoms with E-state index < -0.39 is 0 Å². The molecule has 0 spiro atoms. The van der Waals surface area contributed by atoms with Gasteiger partial charge >= 0.3 is 0 Å². The zero-order valence-corrected chi connectivity index (χ0v) is 10.2. The Morgan fingerprint density at radius 3 is 1.83 bits per heavy atom. The van der Waals surface area contributed by atoms with Gasteiger partial charge in [0.15, 0.2) is 0 Å². The molecule has 0 saturated carbocycles. The first kappa shape index (κ1) is 11.7. The van der Waals surface area contributed by atoms with E-state index in [0.717, 1.165) is 0 Å². The summed E-state index contributed by atoms with van der Waals surface area (Å²) in [7, 11) is 0. The molecule has 1 rings (SSSR count). The summed E-state index contributed by atoms with van der Waals surface area (Å²) in [4.78, 5) is 0. The molecular weight excluding hydrogens is 166 g/mol. The fourth-order valence-electron chi connectivity index (χ4n) is 1.05. The van der Waals surface area contributed by atoms with Crippen molar-refractivity contribution in [2.75, 3.05) is 0 Å². The predicted octanol–water partition coefficient (Wildman–Crippen LogP) is 2.02. The average molecular weight is 182 g/mol. The number of halogens is 1. The zero-order chi connectivity index (χ0) is 8.48. The maximum Gasteiger partial charge on any atom is 0.227 e. The lowest BCUT2D eigenvalue weighted by Gasteiger charge is -2.18. The van der Waals surface area contributed by atoms with Gasteiger partial charge in [-0.3, -0.25) is 4.70 Å². The van der Waals surface area contributed by atoms with Crippen LogP contribution >= 0.6 is 0 Å². The van der Waals surface area contributed by atoms with Gasteiger partial charge in [-0.25, -0.2) is 0 Å². The van der Waals surface area contributed by atoms with Gasteiger partial charge in [0.2, 0.25) is 16.3 Å². The summed E-state index contributed by atoms with van der Waals surface area (Å²) in [6.45, 7) is 6.72. The van der Waals surface area contributed by atoms with Gasteiger partial charge in [0.05, 0.1) is 0 Å². The molecule has 66 valence electrons. The van der Waals surface area contributed by atoms with Crippen LogP contribution < -0.4 is 0 Å². The molecule has 0 saturated heterocycles. The minimum Gasteiger partial charge on any atom is -0.269 e. The Labute approximate surface area is 81.8 Å². The maximum absolute atomic E-state index is 2.30. The second kappa shape index (κ2) is 4.07. The molecule has 2 heteroatoms. The smallest absolute Gasteiger partial charge is 0.227 e. The highest BCUT2D eigenvalue weighted by Crippen LogP contribution is 2.18. The molecule has 0 atom stereocenters. The number of rotatable bonds is 1. The minimum absolute atomic E-state index is 0. The summed E-state index contributed by atoms with van der Waals surface area (Å²) < 4.78 is 0.424. The van der Waals surface area contributed by atoms with Gasteiger partial charge < -0.3 is 0 Å². The number of benzene rings is 1. The fraction of sp³-hybridized carbons (Fsp3) is 0.400. The van der Waals surface area contributed by atoms with E-state index in [0.29, 0.717) is 4.28 Å². The highest BCUT2D eigenvalue weighted by Gasteiger charge is 2.12. The molecule has 12 heavy (non-hydrogen) atoms. The summed E-state index contributed by atoms with van der Waals surface area (Å²) in [5, 5.41) is 0. The van der Waals surface area contributed by atoms with Crippen LogP contribution in [0.3, 0.4) is 0 Å². The molecule has 1 aromatic carbocycles. The van der Waals surface area contributed by atoms with E-state index in [1.54, 1.807) is 0 Å². The van der Waals surface area contributed by atoms with Crippen LogP contribution in [0.2, 0.25) is 0 Å². The van der Waals surface area contributed by atoms with E-state index in [1.165, 1.54) is 27.4 Å². The van der Waals surface area contributed by atoms with Crippen LogP contribution in [0.15, 0.2) is 24.3 Å². The van der Waals surface area contributed by atoms with Crippen LogP contribution in [0.1, 0.15) is 25.0 Å². The van der Waals surface area contributed by atoms with Gasteiger partial charge in [0, 0.05) is 0 Å². The molecule has 0 radical (unpaired) electrons. The summed E-state index contributed by atoms with van der Waals surface area (Å²) in [6.07, 6.45) is 0. The van der Waals surface area contributed by atoms with Gasteiger partial charge in [-0.05, 0) is 6.92 Å². The van der Waals surface area contributed by atoms with Crippen molar-refractivity contribution in [3.63, 3.8) is 0 Å². The van der Waals surface area contributed by atoms with Gasteiger partial charge in [-0.2, -0.15) is 0 Å². The molecule has 0 amide bonds. The van der Waals surface area contributed by atoms with E-state index >= 15 is 0 Å². The highest BCUT2D eigenvalue weighted by molar-refractivity contribution is 6.15. The molecule has 0 fully saturated rings. The SMILES string of the molecule is Cc1ccc([C](C)(C)[AlH2])cc1.F. The molecule has 0 aliphatic rings. The Balaban J connectivity index is 0.00000121. The third kappa shape index (κ3) is 2.97. The van der Waals surface area contributed by atoms with E-state index in [2.05, 4.69) is 45.0 Å². The van der Waals surface area contributed by atoms with Crippen LogP contribution in [0.25, 0.3) is 0 Å². The summed E-state index contributed by atoms with van der Waals surface area (Å²) in [5.41, 5.74) is 2.81. The largest absolute Gasteiger partial charge is 0.269 e. The van der Waals surface area contributed by atoms with Crippen molar-refractivity contribution in [3.05, 3.63) is 35.4 Å². The number of hydrogen-bond donors (Lipinski definition) is 0. The summed E-state index contributed by atoms with van der Waals surface area (Å²) in [6, 6.07) is 8.86. The lowest BCUT2D eigenvalue weighted by Crippen LogP contribution is -2.16. The normalized spacial score (nSPS) is 10.6. The topological polar surface area (TPSA) is 0 Å². The Morgan fingerprint density at radius 1 is 1.08 bits per heavy atom. The van der Waals surface area contributed by atoms with Crippen molar-refractivity contribution in [1.82, 2.24) is 0 Å². The lowest BCUT2D eigenvalue weighted by atomic mass is 10.0.